The van der Waals surface area contributed by atoms with Gasteiger partial charge in [-0.15, -0.1) is 11.3 Å². The van der Waals surface area contributed by atoms with Crippen molar-refractivity contribution in [2.45, 2.75) is 19.9 Å². The van der Waals surface area contributed by atoms with Crippen LogP contribution in [0.1, 0.15) is 19.2 Å². The van der Waals surface area contributed by atoms with Crippen LogP contribution in [0.15, 0.2) is 22.0 Å². The molecule has 0 aliphatic rings. The first-order chi connectivity index (χ1) is 9.19. The number of aliphatic carboxylic acids is 1. The number of carbonyl (C=O) groups is 1. The minimum atomic E-state index is -0.800. The van der Waals surface area contributed by atoms with Crippen LogP contribution in [-0.2, 0) is 11.3 Å². The van der Waals surface area contributed by atoms with Gasteiger partial charge in [0.05, 0.1) is 17.8 Å². The number of nitrogens with zero attached hydrogens (tertiary/aromatic N) is 3. The average molecular weight is 281 g/mol. The summed E-state index contributed by atoms with van der Waals surface area (Å²) in [6, 6.07) is 3.85. The molecule has 19 heavy (non-hydrogen) atoms. The van der Waals surface area contributed by atoms with Crippen molar-refractivity contribution in [3.05, 3.63) is 23.3 Å². The molecule has 0 radical (unpaired) electrons. The van der Waals surface area contributed by atoms with E-state index in [1.54, 1.807) is 11.3 Å². The predicted octanol–water partition coefficient (Wildman–Crippen LogP) is 2.09. The van der Waals surface area contributed by atoms with Gasteiger partial charge < -0.3 is 9.63 Å². The SMILES string of the molecule is CCN(CCC(=O)O)Cc1noc(-c2cccs2)n1. The molecule has 0 unspecified atom stereocenters. The van der Waals surface area contributed by atoms with Gasteiger partial charge in [-0.05, 0) is 18.0 Å². The summed E-state index contributed by atoms with van der Waals surface area (Å²) in [5, 5.41) is 14.5. The maximum atomic E-state index is 10.6. The van der Waals surface area contributed by atoms with Gasteiger partial charge in [-0.2, -0.15) is 4.98 Å². The van der Waals surface area contributed by atoms with Crippen molar-refractivity contribution in [3.8, 4) is 10.8 Å². The van der Waals surface area contributed by atoms with Crippen molar-refractivity contribution in [2.24, 2.45) is 0 Å². The molecule has 2 heterocycles. The van der Waals surface area contributed by atoms with Crippen LogP contribution in [0.25, 0.3) is 10.8 Å². The summed E-state index contributed by atoms with van der Waals surface area (Å²) in [6.07, 6.45) is 0.115. The van der Waals surface area contributed by atoms with E-state index < -0.39 is 5.97 Å². The second kappa shape index (κ2) is 6.44. The van der Waals surface area contributed by atoms with Gasteiger partial charge >= 0.3 is 5.97 Å². The van der Waals surface area contributed by atoms with E-state index in [0.29, 0.717) is 24.8 Å². The molecule has 0 atom stereocenters. The molecule has 0 aromatic carbocycles. The molecule has 0 spiro atoms. The lowest BCUT2D eigenvalue weighted by atomic mass is 10.3. The van der Waals surface area contributed by atoms with Gasteiger partial charge in [0.15, 0.2) is 5.82 Å². The Balaban J connectivity index is 1.96. The van der Waals surface area contributed by atoms with E-state index >= 15 is 0 Å². The molecule has 0 amide bonds. The first-order valence-corrected chi connectivity index (χ1v) is 6.87. The van der Waals surface area contributed by atoms with Crippen molar-refractivity contribution < 1.29 is 14.4 Å². The van der Waals surface area contributed by atoms with Gasteiger partial charge in [0, 0.05) is 6.54 Å². The first-order valence-electron chi connectivity index (χ1n) is 5.99. The Kier molecular flexibility index (Phi) is 4.64. The highest BCUT2D eigenvalue weighted by atomic mass is 32.1. The van der Waals surface area contributed by atoms with Crippen molar-refractivity contribution in [1.82, 2.24) is 15.0 Å². The third-order valence-corrected chi connectivity index (χ3v) is 3.51. The lowest BCUT2D eigenvalue weighted by Gasteiger charge is -2.16. The molecule has 6 nitrogen and oxygen atoms in total. The average Bonchev–Trinajstić information content (AvgIpc) is 3.04. The van der Waals surface area contributed by atoms with Crippen LogP contribution in [0.3, 0.4) is 0 Å². The third-order valence-electron chi connectivity index (χ3n) is 2.65. The Bertz CT molecular complexity index is 524. The summed E-state index contributed by atoms with van der Waals surface area (Å²) in [7, 11) is 0. The van der Waals surface area contributed by atoms with Crippen LogP contribution in [0.2, 0.25) is 0 Å². The van der Waals surface area contributed by atoms with E-state index in [-0.39, 0.29) is 6.42 Å². The van der Waals surface area contributed by atoms with Crippen LogP contribution in [0, 0.1) is 0 Å². The maximum Gasteiger partial charge on any atom is 0.304 e. The largest absolute Gasteiger partial charge is 0.481 e. The fourth-order valence-electron chi connectivity index (χ4n) is 1.62. The molecule has 0 saturated carbocycles. The van der Waals surface area contributed by atoms with Crippen LogP contribution in [-0.4, -0.2) is 39.2 Å². The molecular weight excluding hydrogens is 266 g/mol. The molecule has 0 aliphatic carbocycles. The number of hydrogen-bond donors (Lipinski definition) is 1. The molecule has 2 aromatic heterocycles. The first kappa shape index (κ1) is 13.7. The molecule has 102 valence electrons. The lowest BCUT2D eigenvalue weighted by Crippen LogP contribution is -2.26. The number of thiophene rings is 1. The normalized spacial score (nSPS) is 11.1. The highest BCUT2D eigenvalue weighted by molar-refractivity contribution is 7.13. The fraction of sp³-hybridized carbons (Fsp3) is 0.417. The maximum absolute atomic E-state index is 10.6. The zero-order valence-corrected chi connectivity index (χ0v) is 11.4. The summed E-state index contributed by atoms with van der Waals surface area (Å²) < 4.78 is 5.19. The molecule has 0 bridgehead atoms. The Labute approximate surface area is 114 Å². The van der Waals surface area contributed by atoms with Gasteiger partial charge in [-0.3, -0.25) is 9.69 Å². The smallest absolute Gasteiger partial charge is 0.304 e. The summed E-state index contributed by atoms with van der Waals surface area (Å²) in [4.78, 5) is 17.8. The van der Waals surface area contributed by atoms with E-state index in [9.17, 15) is 4.79 Å². The van der Waals surface area contributed by atoms with Gasteiger partial charge in [0.1, 0.15) is 0 Å². The Morgan fingerprint density at radius 1 is 1.58 bits per heavy atom. The van der Waals surface area contributed by atoms with Crippen LogP contribution in [0.5, 0.6) is 0 Å². The lowest BCUT2D eigenvalue weighted by molar-refractivity contribution is -0.137. The standard InChI is InChI=1S/C12H15N3O3S/c1-2-15(6-5-11(16)17)8-10-13-12(18-14-10)9-4-3-7-19-9/h3-4,7H,2,5-6,8H2,1H3,(H,16,17). The van der Waals surface area contributed by atoms with E-state index in [2.05, 4.69) is 10.1 Å². The molecule has 0 aliphatic heterocycles. The molecule has 1 N–H and O–H groups in total. The van der Waals surface area contributed by atoms with Crippen molar-refractivity contribution >= 4 is 17.3 Å². The van der Waals surface area contributed by atoms with Crippen molar-refractivity contribution in [3.63, 3.8) is 0 Å². The van der Waals surface area contributed by atoms with Gasteiger partial charge in [-0.25, -0.2) is 0 Å². The number of carboxylic acid groups (broad SMARTS) is 1. The second-order valence-corrected chi connectivity index (χ2v) is 4.95. The summed E-state index contributed by atoms with van der Waals surface area (Å²) in [5.41, 5.74) is 0. The Hall–Kier alpha value is -1.73. The monoisotopic (exact) mass is 281 g/mol. The minimum Gasteiger partial charge on any atom is -0.481 e. The van der Waals surface area contributed by atoms with Crippen LogP contribution in [0.4, 0.5) is 0 Å². The predicted molar refractivity (Wildman–Crippen MR) is 70.8 cm³/mol. The van der Waals surface area contributed by atoms with Crippen LogP contribution < -0.4 is 0 Å². The van der Waals surface area contributed by atoms with Crippen molar-refractivity contribution in [1.29, 1.82) is 0 Å². The molecule has 0 fully saturated rings. The van der Waals surface area contributed by atoms with Gasteiger partial charge in [-0.1, -0.05) is 18.1 Å². The van der Waals surface area contributed by atoms with E-state index in [1.807, 2.05) is 29.3 Å². The zero-order chi connectivity index (χ0) is 13.7. The quantitative estimate of drug-likeness (QED) is 0.837. The highest BCUT2D eigenvalue weighted by Crippen LogP contribution is 2.22. The number of hydrogen-bond acceptors (Lipinski definition) is 6. The molecule has 2 aromatic rings. The fourth-order valence-corrected chi connectivity index (χ4v) is 2.27. The Morgan fingerprint density at radius 3 is 3.05 bits per heavy atom. The topological polar surface area (TPSA) is 79.5 Å². The van der Waals surface area contributed by atoms with E-state index in [0.717, 1.165) is 11.4 Å². The Morgan fingerprint density at radius 2 is 2.42 bits per heavy atom. The third kappa shape index (κ3) is 3.87. The highest BCUT2D eigenvalue weighted by Gasteiger charge is 2.13. The number of rotatable bonds is 7. The van der Waals surface area contributed by atoms with Crippen molar-refractivity contribution in [2.75, 3.05) is 13.1 Å². The van der Waals surface area contributed by atoms with Gasteiger partial charge in [0.25, 0.3) is 5.89 Å². The van der Waals surface area contributed by atoms with E-state index in [1.165, 1.54) is 0 Å². The van der Waals surface area contributed by atoms with Crippen LogP contribution >= 0.6 is 11.3 Å². The molecular formula is C12H15N3O3S. The second-order valence-electron chi connectivity index (χ2n) is 4.01. The zero-order valence-electron chi connectivity index (χ0n) is 10.6. The van der Waals surface area contributed by atoms with E-state index in [4.69, 9.17) is 9.63 Å². The number of aromatic nitrogens is 2. The molecule has 7 heteroatoms. The molecule has 2 rings (SSSR count). The number of carboxylic acids is 1. The summed E-state index contributed by atoms with van der Waals surface area (Å²) in [5.74, 6) is 0.292. The van der Waals surface area contributed by atoms with Gasteiger partial charge in [0.2, 0.25) is 0 Å². The molecule has 0 saturated heterocycles. The summed E-state index contributed by atoms with van der Waals surface area (Å²) in [6.45, 7) is 3.70. The minimum absolute atomic E-state index is 0.115. The summed E-state index contributed by atoms with van der Waals surface area (Å²) >= 11 is 1.54.